The van der Waals surface area contributed by atoms with Crippen LogP contribution in [0.5, 0.6) is 0 Å². The first kappa shape index (κ1) is 13.3. The largest absolute Gasteiger partial charge is 0.352 e. The molecule has 1 amide bonds. The molecular weight excluding hydrogens is 290 g/mol. The molecule has 0 bridgehead atoms. The number of allylic oxidation sites excluding steroid dienone is 1. The number of hydrogen-bond acceptors (Lipinski definition) is 1. The summed E-state index contributed by atoms with van der Waals surface area (Å²) in [6.07, 6.45) is 6.96. The zero-order valence-electron chi connectivity index (χ0n) is 10.6. The molecule has 1 aliphatic carbocycles. The highest BCUT2D eigenvalue weighted by atomic mass is 79.9. The Morgan fingerprint density at radius 2 is 2.28 bits per heavy atom. The van der Waals surface area contributed by atoms with Crippen molar-refractivity contribution in [1.82, 2.24) is 5.32 Å². The van der Waals surface area contributed by atoms with Gasteiger partial charge in [0.25, 0.3) is 5.91 Å². The van der Waals surface area contributed by atoms with Gasteiger partial charge in [-0.2, -0.15) is 0 Å². The topological polar surface area (TPSA) is 29.1 Å². The van der Waals surface area contributed by atoms with E-state index < -0.39 is 0 Å². The summed E-state index contributed by atoms with van der Waals surface area (Å²) in [7, 11) is 0. The van der Waals surface area contributed by atoms with Gasteiger partial charge in [0.1, 0.15) is 0 Å². The summed E-state index contributed by atoms with van der Waals surface area (Å²) in [5, 5.41) is 2.99. The van der Waals surface area contributed by atoms with Gasteiger partial charge in [-0.1, -0.05) is 33.6 Å². The summed E-state index contributed by atoms with van der Waals surface area (Å²) >= 11 is 3.45. The van der Waals surface area contributed by atoms with Gasteiger partial charge in [0, 0.05) is 16.6 Å². The third-order valence-electron chi connectivity index (χ3n) is 3.38. The molecule has 0 spiro atoms. The van der Waals surface area contributed by atoms with Crippen LogP contribution in [0.1, 0.15) is 41.6 Å². The fourth-order valence-electron chi connectivity index (χ4n) is 2.25. The van der Waals surface area contributed by atoms with Crippen molar-refractivity contribution in [3.8, 4) is 0 Å². The quantitative estimate of drug-likeness (QED) is 0.837. The van der Waals surface area contributed by atoms with Crippen LogP contribution in [-0.2, 0) is 0 Å². The maximum atomic E-state index is 12.0. The van der Waals surface area contributed by atoms with Crippen molar-refractivity contribution in [2.75, 3.05) is 6.54 Å². The Bertz CT molecular complexity index is 479. The first-order valence-corrected chi connectivity index (χ1v) is 7.19. The normalized spacial score (nSPS) is 14.4. The van der Waals surface area contributed by atoms with Gasteiger partial charge in [-0.25, -0.2) is 0 Å². The molecule has 1 aliphatic rings. The van der Waals surface area contributed by atoms with Gasteiger partial charge < -0.3 is 5.32 Å². The molecule has 1 aromatic rings. The van der Waals surface area contributed by atoms with Crippen molar-refractivity contribution < 1.29 is 4.79 Å². The fraction of sp³-hybridized carbons (Fsp3) is 0.400. The molecule has 18 heavy (non-hydrogen) atoms. The highest BCUT2D eigenvalue weighted by Gasteiger charge is 2.10. The number of nitrogens with one attached hydrogen (secondary N) is 1. The molecule has 0 aromatic heterocycles. The standard InChI is InChI=1S/C15H18BrNO/c1-11-13(7-4-8-14(11)16)15(18)17-10-9-12-5-2-3-6-12/h4-5,7-8H,2-3,6,9-10H2,1H3,(H,17,18). The molecule has 0 saturated carbocycles. The van der Waals surface area contributed by atoms with E-state index in [-0.39, 0.29) is 5.91 Å². The molecule has 0 saturated heterocycles. The molecule has 1 aromatic carbocycles. The Labute approximate surface area is 117 Å². The summed E-state index contributed by atoms with van der Waals surface area (Å²) in [6.45, 7) is 2.69. The van der Waals surface area contributed by atoms with Crippen molar-refractivity contribution >= 4 is 21.8 Å². The Balaban J connectivity index is 1.89. The number of carbonyl (C=O) groups is 1. The lowest BCUT2D eigenvalue weighted by Gasteiger charge is -2.09. The molecule has 0 atom stereocenters. The molecule has 0 radical (unpaired) electrons. The fourth-order valence-corrected chi connectivity index (χ4v) is 2.62. The first-order chi connectivity index (χ1) is 8.68. The zero-order chi connectivity index (χ0) is 13.0. The predicted octanol–water partition coefficient (Wildman–Crippen LogP) is 3.99. The number of benzene rings is 1. The highest BCUT2D eigenvalue weighted by molar-refractivity contribution is 9.10. The summed E-state index contributed by atoms with van der Waals surface area (Å²) < 4.78 is 0.980. The van der Waals surface area contributed by atoms with E-state index >= 15 is 0 Å². The maximum Gasteiger partial charge on any atom is 0.251 e. The Morgan fingerprint density at radius 3 is 3.00 bits per heavy atom. The lowest BCUT2D eigenvalue weighted by Crippen LogP contribution is -2.25. The second-order valence-electron chi connectivity index (χ2n) is 4.67. The van der Waals surface area contributed by atoms with E-state index in [9.17, 15) is 4.79 Å². The van der Waals surface area contributed by atoms with Crippen LogP contribution >= 0.6 is 15.9 Å². The Kier molecular flexibility index (Phi) is 4.59. The van der Waals surface area contributed by atoms with Gasteiger partial charge in [-0.15, -0.1) is 0 Å². The van der Waals surface area contributed by atoms with E-state index in [0.717, 1.165) is 28.6 Å². The number of amides is 1. The molecule has 0 heterocycles. The maximum absolute atomic E-state index is 12.0. The van der Waals surface area contributed by atoms with Crippen LogP contribution in [0.25, 0.3) is 0 Å². The van der Waals surface area contributed by atoms with Gasteiger partial charge in [0.05, 0.1) is 0 Å². The van der Waals surface area contributed by atoms with Crippen molar-refractivity contribution in [1.29, 1.82) is 0 Å². The molecule has 0 aliphatic heterocycles. The summed E-state index contributed by atoms with van der Waals surface area (Å²) in [4.78, 5) is 12.0. The molecule has 1 N–H and O–H groups in total. The average molecular weight is 308 g/mol. The summed E-state index contributed by atoms with van der Waals surface area (Å²) in [5.41, 5.74) is 3.24. The van der Waals surface area contributed by atoms with Crippen LogP contribution in [0.2, 0.25) is 0 Å². The van der Waals surface area contributed by atoms with Gasteiger partial charge in [0.15, 0.2) is 0 Å². The summed E-state index contributed by atoms with van der Waals surface area (Å²) in [6, 6.07) is 5.71. The van der Waals surface area contributed by atoms with E-state index in [1.54, 1.807) is 0 Å². The Morgan fingerprint density at radius 1 is 1.44 bits per heavy atom. The third kappa shape index (κ3) is 3.22. The second kappa shape index (κ2) is 6.19. The minimum atomic E-state index is 0.0207. The molecule has 96 valence electrons. The van der Waals surface area contributed by atoms with Gasteiger partial charge >= 0.3 is 0 Å². The number of carbonyl (C=O) groups excluding carboxylic acids is 1. The van der Waals surface area contributed by atoms with Crippen LogP contribution in [0.4, 0.5) is 0 Å². The molecule has 2 rings (SSSR count). The lowest BCUT2D eigenvalue weighted by molar-refractivity contribution is 0.0953. The van der Waals surface area contributed by atoms with Crippen LogP contribution in [-0.4, -0.2) is 12.5 Å². The first-order valence-electron chi connectivity index (χ1n) is 6.39. The van der Waals surface area contributed by atoms with Gasteiger partial charge in [-0.3, -0.25) is 4.79 Å². The van der Waals surface area contributed by atoms with Crippen LogP contribution < -0.4 is 5.32 Å². The summed E-state index contributed by atoms with van der Waals surface area (Å²) in [5.74, 6) is 0.0207. The minimum Gasteiger partial charge on any atom is -0.352 e. The van der Waals surface area contributed by atoms with Gasteiger partial charge in [-0.05, 0) is 50.3 Å². The average Bonchev–Trinajstić information content (AvgIpc) is 2.85. The predicted molar refractivity (Wildman–Crippen MR) is 77.8 cm³/mol. The molecule has 2 nitrogen and oxygen atoms in total. The lowest BCUT2D eigenvalue weighted by atomic mass is 10.1. The molecule has 0 fully saturated rings. The van der Waals surface area contributed by atoms with Crippen molar-refractivity contribution in [2.24, 2.45) is 0 Å². The van der Waals surface area contributed by atoms with Crippen molar-refractivity contribution in [3.05, 3.63) is 45.4 Å². The van der Waals surface area contributed by atoms with E-state index in [0.29, 0.717) is 0 Å². The van der Waals surface area contributed by atoms with Crippen LogP contribution in [0, 0.1) is 6.92 Å². The third-order valence-corrected chi connectivity index (χ3v) is 4.24. The second-order valence-corrected chi connectivity index (χ2v) is 5.53. The Hall–Kier alpha value is -1.09. The van der Waals surface area contributed by atoms with E-state index in [1.807, 2.05) is 25.1 Å². The van der Waals surface area contributed by atoms with Crippen LogP contribution in [0.15, 0.2) is 34.3 Å². The molecule has 3 heteroatoms. The number of halogens is 1. The van der Waals surface area contributed by atoms with Crippen molar-refractivity contribution in [2.45, 2.75) is 32.6 Å². The minimum absolute atomic E-state index is 0.0207. The van der Waals surface area contributed by atoms with Crippen molar-refractivity contribution in [3.63, 3.8) is 0 Å². The van der Waals surface area contributed by atoms with Crippen LogP contribution in [0.3, 0.4) is 0 Å². The zero-order valence-corrected chi connectivity index (χ0v) is 12.2. The van der Waals surface area contributed by atoms with Gasteiger partial charge in [0.2, 0.25) is 0 Å². The molecule has 0 unspecified atom stereocenters. The monoisotopic (exact) mass is 307 g/mol. The number of rotatable bonds is 4. The van der Waals surface area contributed by atoms with E-state index in [2.05, 4.69) is 27.3 Å². The van der Waals surface area contributed by atoms with E-state index in [1.165, 1.54) is 24.8 Å². The number of hydrogen-bond donors (Lipinski definition) is 1. The highest BCUT2D eigenvalue weighted by Crippen LogP contribution is 2.21. The smallest absolute Gasteiger partial charge is 0.251 e. The molecular formula is C15H18BrNO. The van der Waals surface area contributed by atoms with E-state index in [4.69, 9.17) is 0 Å². The SMILES string of the molecule is Cc1c(Br)cccc1C(=O)NCCC1=CCCC1.